The van der Waals surface area contributed by atoms with Crippen LogP contribution in [0.3, 0.4) is 0 Å². The molecule has 1 aliphatic rings. The fraction of sp³-hybridized carbons (Fsp3) is 0.250. The molecule has 1 aliphatic heterocycles. The van der Waals surface area contributed by atoms with Gasteiger partial charge in [0.15, 0.2) is 5.76 Å². The topological polar surface area (TPSA) is 106 Å². The Morgan fingerprint density at radius 1 is 1.23 bits per heavy atom. The van der Waals surface area contributed by atoms with E-state index < -0.39 is 40.2 Å². The summed E-state index contributed by atoms with van der Waals surface area (Å²) in [5.41, 5.74) is -0.240. The first-order valence-electron chi connectivity index (χ1n) is 7.61. The van der Waals surface area contributed by atoms with Gasteiger partial charge in [0.25, 0.3) is 5.91 Å². The summed E-state index contributed by atoms with van der Waals surface area (Å²) in [6.45, 7) is -0.135. The second-order valence-electron chi connectivity index (χ2n) is 5.72. The maximum Gasteiger partial charge on any atom is 0.433 e. The van der Waals surface area contributed by atoms with Crippen molar-refractivity contribution in [2.75, 3.05) is 13.1 Å². The molecule has 3 rings (SSSR count). The third-order valence-electron chi connectivity index (χ3n) is 4.02. The van der Waals surface area contributed by atoms with Crippen LogP contribution in [0.5, 0.6) is 0 Å². The minimum absolute atomic E-state index is 0.0823. The number of carbonyl (C=O) groups excluding carboxylic acids is 2. The molecular formula is C16H13F2N3O5. The Morgan fingerprint density at radius 3 is 2.46 bits per heavy atom. The summed E-state index contributed by atoms with van der Waals surface area (Å²) < 4.78 is 31.8. The van der Waals surface area contributed by atoms with Gasteiger partial charge < -0.3 is 14.6 Å². The van der Waals surface area contributed by atoms with Crippen LogP contribution in [-0.2, 0) is 11.3 Å². The van der Waals surface area contributed by atoms with Crippen molar-refractivity contribution in [3.8, 4) is 0 Å². The predicted molar refractivity (Wildman–Crippen MR) is 83.0 cm³/mol. The number of hydrogen-bond acceptors (Lipinski definition) is 5. The van der Waals surface area contributed by atoms with Crippen LogP contribution in [0.15, 0.2) is 34.7 Å². The summed E-state index contributed by atoms with van der Waals surface area (Å²) >= 11 is 0. The van der Waals surface area contributed by atoms with Gasteiger partial charge in [0, 0.05) is 25.2 Å². The van der Waals surface area contributed by atoms with Crippen LogP contribution >= 0.6 is 0 Å². The first kappa shape index (κ1) is 17.5. The van der Waals surface area contributed by atoms with Crippen LogP contribution in [-0.4, -0.2) is 34.7 Å². The van der Waals surface area contributed by atoms with Crippen LogP contribution in [0, 0.1) is 27.7 Å². The molecule has 136 valence electrons. The van der Waals surface area contributed by atoms with E-state index in [2.05, 4.69) is 5.32 Å². The molecule has 0 bridgehead atoms. The van der Waals surface area contributed by atoms with E-state index in [0.717, 1.165) is 18.2 Å². The van der Waals surface area contributed by atoms with Crippen molar-refractivity contribution in [1.82, 2.24) is 10.2 Å². The molecule has 10 heteroatoms. The lowest BCUT2D eigenvalue weighted by Gasteiger charge is -2.37. The van der Waals surface area contributed by atoms with Gasteiger partial charge in [-0.2, -0.15) is 0 Å². The number of amides is 2. The number of furan rings is 1. The van der Waals surface area contributed by atoms with Crippen molar-refractivity contribution in [1.29, 1.82) is 0 Å². The van der Waals surface area contributed by atoms with E-state index in [1.807, 2.05) is 0 Å². The molecule has 0 saturated carbocycles. The van der Waals surface area contributed by atoms with Crippen molar-refractivity contribution in [2.24, 2.45) is 5.92 Å². The smallest absolute Gasteiger partial charge is 0.395 e. The lowest BCUT2D eigenvalue weighted by Crippen LogP contribution is -2.55. The molecule has 1 fully saturated rings. The van der Waals surface area contributed by atoms with E-state index in [4.69, 9.17) is 4.42 Å². The zero-order valence-electron chi connectivity index (χ0n) is 13.3. The standard InChI is InChI=1S/C16H13F2N3O5/c17-11-2-1-3-12(18)10(11)6-19-15(22)9-7-20(8-9)16(23)13-4-5-14(26-13)21(24)25/h1-5,9H,6-8H2,(H,19,22). The highest BCUT2D eigenvalue weighted by Gasteiger charge is 2.37. The molecule has 26 heavy (non-hydrogen) atoms. The Labute approximate surface area is 145 Å². The van der Waals surface area contributed by atoms with Gasteiger partial charge in [0.2, 0.25) is 5.91 Å². The Bertz CT molecular complexity index is 856. The Balaban J connectivity index is 1.51. The second kappa shape index (κ2) is 6.90. The van der Waals surface area contributed by atoms with E-state index in [9.17, 15) is 28.5 Å². The number of rotatable bonds is 5. The average Bonchev–Trinajstić information content (AvgIpc) is 3.03. The molecule has 1 N–H and O–H groups in total. The largest absolute Gasteiger partial charge is 0.433 e. The molecule has 2 aromatic rings. The number of benzene rings is 1. The SMILES string of the molecule is O=C(NCc1c(F)cccc1F)C1CN(C(=O)c2ccc([N+](=O)[O-])o2)C1. The minimum atomic E-state index is -0.759. The molecule has 1 aromatic heterocycles. The van der Waals surface area contributed by atoms with Crippen LogP contribution in [0.1, 0.15) is 16.1 Å². The van der Waals surface area contributed by atoms with E-state index in [1.54, 1.807) is 0 Å². The van der Waals surface area contributed by atoms with Gasteiger partial charge in [0.05, 0.1) is 12.0 Å². The molecule has 0 radical (unpaired) electrons. The number of nitrogens with one attached hydrogen (secondary N) is 1. The highest BCUT2D eigenvalue weighted by Crippen LogP contribution is 2.22. The van der Waals surface area contributed by atoms with Gasteiger partial charge in [-0.25, -0.2) is 8.78 Å². The van der Waals surface area contributed by atoms with Gasteiger partial charge in [-0.3, -0.25) is 19.7 Å². The molecule has 1 saturated heterocycles. The third-order valence-corrected chi connectivity index (χ3v) is 4.02. The zero-order valence-corrected chi connectivity index (χ0v) is 13.3. The van der Waals surface area contributed by atoms with Crippen molar-refractivity contribution < 1.29 is 27.7 Å². The van der Waals surface area contributed by atoms with Gasteiger partial charge >= 0.3 is 5.88 Å². The number of likely N-dealkylation sites (tertiary alicyclic amines) is 1. The van der Waals surface area contributed by atoms with Crippen molar-refractivity contribution in [3.63, 3.8) is 0 Å². The van der Waals surface area contributed by atoms with Gasteiger partial charge in [-0.1, -0.05) is 6.07 Å². The van der Waals surface area contributed by atoms with E-state index >= 15 is 0 Å². The average molecular weight is 365 g/mol. The Morgan fingerprint density at radius 2 is 1.88 bits per heavy atom. The van der Waals surface area contributed by atoms with Gasteiger partial charge in [-0.15, -0.1) is 0 Å². The molecule has 0 unspecified atom stereocenters. The minimum Gasteiger partial charge on any atom is -0.395 e. The quantitative estimate of drug-likeness (QED) is 0.643. The fourth-order valence-electron chi connectivity index (χ4n) is 2.53. The summed E-state index contributed by atoms with van der Waals surface area (Å²) in [7, 11) is 0. The summed E-state index contributed by atoms with van der Waals surface area (Å²) in [5, 5.41) is 13.0. The number of hydrogen-bond donors (Lipinski definition) is 1. The van der Waals surface area contributed by atoms with E-state index in [1.165, 1.54) is 17.0 Å². The molecular weight excluding hydrogens is 352 g/mol. The predicted octanol–water partition coefficient (Wildman–Crippen LogP) is 1.85. The van der Waals surface area contributed by atoms with Crippen LogP contribution in [0.25, 0.3) is 0 Å². The summed E-state index contributed by atoms with van der Waals surface area (Å²) in [6.07, 6.45) is 0. The molecule has 0 aliphatic carbocycles. The molecule has 2 heterocycles. The Hall–Kier alpha value is -3.30. The van der Waals surface area contributed by atoms with Crippen LogP contribution in [0.4, 0.5) is 14.7 Å². The van der Waals surface area contributed by atoms with Crippen molar-refractivity contribution in [2.45, 2.75) is 6.54 Å². The first-order chi connectivity index (χ1) is 12.4. The number of nitro groups is 1. The lowest BCUT2D eigenvalue weighted by atomic mass is 9.98. The molecule has 8 nitrogen and oxygen atoms in total. The third kappa shape index (κ3) is 3.39. The highest BCUT2D eigenvalue weighted by molar-refractivity contribution is 5.94. The first-order valence-corrected chi connectivity index (χ1v) is 7.61. The molecule has 0 spiro atoms. The molecule has 0 atom stereocenters. The van der Waals surface area contributed by atoms with E-state index in [-0.39, 0.29) is 31.0 Å². The summed E-state index contributed by atoms with van der Waals surface area (Å²) in [4.78, 5) is 35.2. The molecule has 1 aromatic carbocycles. The van der Waals surface area contributed by atoms with Gasteiger partial charge in [0.1, 0.15) is 16.6 Å². The van der Waals surface area contributed by atoms with Crippen LogP contribution < -0.4 is 5.32 Å². The summed E-state index contributed by atoms with van der Waals surface area (Å²) in [6, 6.07) is 5.67. The number of nitrogens with zero attached hydrogens (tertiary/aromatic N) is 2. The monoisotopic (exact) mass is 365 g/mol. The molecule has 2 amide bonds. The van der Waals surface area contributed by atoms with Gasteiger partial charge in [-0.05, 0) is 18.2 Å². The van der Waals surface area contributed by atoms with Crippen molar-refractivity contribution >= 4 is 17.7 Å². The second-order valence-corrected chi connectivity index (χ2v) is 5.72. The fourth-order valence-corrected chi connectivity index (χ4v) is 2.53. The summed E-state index contributed by atoms with van der Waals surface area (Å²) in [5.74, 6) is -3.78. The Kier molecular flexibility index (Phi) is 4.65. The number of carbonyl (C=O) groups is 2. The number of halogens is 2. The zero-order chi connectivity index (χ0) is 18.8. The maximum absolute atomic E-state index is 13.5. The highest BCUT2D eigenvalue weighted by atomic mass is 19.1. The van der Waals surface area contributed by atoms with Crippen LogP contribution in [0.2, 0.25) is 0 Å². The van der Waals surface area contributed by atoms with E-state index in [0.29, 0.717) is 0 Å². The normalized spacial score (nSPS) is 14.0. The maximum atomic E-state index is 13.5. The van der Waals surface area contributed by atoms with Crippen molar-refractivity contribution in [3.05, 3.63) is 63.4 Å². The lowest BCUT2D eigenvalue weighted by molar-refractivity contribution is -0.402.